The number of carbonyl (C=O) groups excluding carboxylic acids is 1. The minimum atomic E-state index is -0.640. The molecule has 0 atom stereocenters. The standard InChI is InChI=1S/C20H25NO6/c1-4-13-26-21(16-9-6-5-7-10-16)20(22)27-18-12-8-11-17(14-18)25-15-19(23-2)24-3/h5-12,14,19H,4,13,15H2,1-3H3. The van der Waals surface area contributed by atoms with Gasteiger partial charge in [0.1, 0.15) is 18.1 Å². The smallest absolute Gasteiger partial charge is 0.444 e. The normalized spacial score (nSPS) is 10.7. The number of anilines is 1. The molecule has 0 radical (unpaired) electrons. The highest BCUT2D eigenvalue weighted by molar-refractivity contribution is 5.86. The second kappa shape index (κ2) is 11.2. The van der Waals surface area contributed by atoms with E-state index in [1.165, 1.54) is 14.2 Å². The van der Waals surface area contributed by atoms with Crippen molar-refractivity contribution in [1.29, 1.82) is 0 Å². The Morgan fingerprint density at radius 2 is 1.70 bits per heavy atom. The van der Waals surface area contributed by atoms with Gasteiger partial charge in [-0.25, -0.2) is 4.79 Å². The molecule has 2 rings (SSSR count). The Kier molecular flexibility index (Phi) is 8.57. The second-order valence-electron chi connectivity index (χ2n) is 5.52. The van der Waals surface area contributed by atoms with E-state index in [0.29, 0.717) is 23.8 Å². The van der Waals surface area contributed by atoms with Crippen molar-refractivity contribution >= 4 is 11.8 Å². The van der Waals surface area contributed by atoms with Crippen LogP contribution < -0.4 is 14.5 Å². The molecule has 0 fully saturated rings. The van der Waals surface area contributed by atoms with Crippen LogP contribution in [-0.2, 0) is 14.3 Å². The third-order valence-electron chi connectivity index (χ3n) is 3.50. The van der Waals surface area contributed by atoms with Crippen molar-refractivity contribution in [3.8, 4) is 11.5 Å². The van der Waals surface area contributed by atoms with Crippen molar-refractivity contribution in [2.75, 3.05) is 32.5 Å². The third kappa shape index (κ3) is 6.56. The van der Waals surface area contributed by atoms with Crippen LogP contribution in [-0.4, -0.2) is 39.8 Å². The number of methoxy groups -OCH3 is 2. The number of carbonyl (C=O) groups is 1. The van der Waals surface area contributed by atoms with Gasteiger partial charge in [0.05, 0.1) is 12.3 Å². The Morgan fingerprint density at radius 1 is 1.00 bits per heavy atom. The Labute approximate surface area is 159 Å². The van der Waals surface area contributed by atoms with Gasteiger partial charge in [0.2, 0.25) is 0 Å². The summed E-state index contributed by atoms with van der Waals surface area (Å²) in [6.45, 7) is 2.56. The first-order valence-corrected chi connectivity index (χ1v) is 8.66. The van der Waals surface area contributed by atoms with Gasteiger partial charge in [-0.15, -0.1) is 0 Å². The fourth-order valence-corrected chi connectivity index (χ4v) is 2.14. The maximum atomic E-state index is 12.6. The number of amides is 1. The van der Waals surface area contributed by atoms with Gasteiger partial charge < -0.3 is 18.9 Å². The summed E-state index contributed by atoms with van der Waals surface area (Å²) in [4.78, 5) is 18.1. The van der Waals surface area contributed by atoms with Gasteiger partial charge in [0.25, 0.3) is 0 Å². The molecule has 0 aliphatic carbocycles. The van der Waals surface area contributed by atoms with E-state index in [1.807, 2.05) is 25.1 Å². The monoisotopic (exact) mass is 375 g/mol. The Hall–Kier alpha value is -2.61. The van der Waals surface area contributed by atoms with Gasteiger partial charge >= 0.3 is 6.09 Å². The summed E-state index contributed by atoms with van der Waals surface area (Å²) < 4.78 is 21.2. The van der Waals surface area contributed by atoms with Crippen molar-refractivity contribution in [2.24, 2.45) is 0 Å². The van der Waals surface area contributed by atoms with Crippen molar-refractivity contribution in [3.05, 3.63) is 54.6 Å². The molecule has 0 aromatic heterocycles. The molecule has 0 unspecified atom stereocenters. The van der Waals surface area contributed by atoms with Gasteiger partial charge in [-0.05, 0) is 30.7 Å². The zero-order valence-electron chi connectivity index (χ0n) is 15.8. The molecule has 27 heavy (non-hydrogen) atoms. The highest BCUT2D eigenvalue weighted by Gasteiger charge is 2.19. The Bertz CT molecular complexity index is 690. The lowest BCUT2D eigenvalue weighted by molar-refractivity contribution is -0.121. The first kappa shape index (κ1) is 20.7. The maximum Gasteiger partial charge on any atom is 0.444 e. The zero-order valence-corrected chi connectivity index (χ0v) is 15.8. The van der Waals surface area contributed by atoms with E-state index in [4.69, 9.17) is 23.8 Å². The topological polar surface area (TPSA) is 66.5 Å². The van der Waals surface area contributed by atoms with Crippen LogP contribution >= 0.6 is 0 Å². The molecule has 0 bridgehead atoms. The molecular formula is C20H25NO6. The average Bonchev–Trinajstić information content (AvgIpc) is 2.70. The second-order valence-corrected chi connectivity index (χ2v) is 5.52. The third-order valence-corrected chi connectivity index (χ3v) is 3.50. The van der Waals surface area contributed by atoms with Gasteiger partial charge in [0, 0.05) is 20.3 Å². The lowest BCUT2D eigenvalue weighted by atomic mass is 10.3. The Balaban J connectivity index is 2.05. The van der Waals surface area contributed by atoms with E-state index >= 15 is 0 Å². The van der Waals surface area contributed by atoms with Crippen molar-refractivity contribution in [1.82, 2.24) is 0 Å². The van der Waals surface area contributed by atoms with E-state index in [1.54, 1.807) is 36.4 Å². The molecule has 2 aromatic carbocycles. The van der Waals surface area contributed by atoms with E-state index in [2.05, 4.69) is 0 Å². The minimum absolute atomic E-state index is 0.208. The largest absolute Gasteiger partial charge is 0.488 e. The summed E-state index contributed by atoms with van der Waals surface area (Å²) >= 11 is 0. The van der Waals surface area contributed by atoms with Crippen molar-refractivity contribution < 1.29 is 28.6 Å². The van der Waals surface area contributed by atoms with Crippen LogP contribution in [0.1, 0.15) is 13.3 Å². The highest BCUT2D eigenvalue weighted by Crippen LogP contribution is 2.22. The number of ether oxygens (including phenoxy) is 4. The molecule has 0 spiro atoms. The molecule has 7 nitrogen and oxygen atoms in total. The maximum absolute atomic E-state index is 12.6. The molecule has 0 saturated carbocycles. The summed E-state index contributed by atoms with van der Waals surface area (Å²) in [5.41, 5.74) is 0.589. The van der Waals surface area contributed by atoms with Crippen LogP contribution in [0.15, 0.2) is 54.6 Å². The predicted octanol–water partition coefficient (Wildman–Crippen LogP) is 4.03. The molecule has 0 heterocycles. The van der Waals surface area contributed by atoms with Gasteiger partial charge in [-0.2, -0.15) is 5.06 Å². The predicted molar refractivity (Wildman–Crippen MR) is 101 cm³/mol. The molecule has 0 aliphatic heterocycles. The molecule has 0 N–H and O–H groups in total. The zero-order chi connectivity index (χ0) is 19.5. The molecule has 0 saturated heterocycles. The summed E-state index contributed by atoms with van der Waals surface area (Å²) in [5, 5.41) is 1.14. The summed E-state index contributed by atoms with van der Waals surface area (Å²) in [6.07, 6.45) is -0.356. The molecule has 7 heteroatoms. The molecule has 1 amide bonds. The number of para-hydroxylation sites is 1. The lowest BCUT2D eigenvalue weighted by Gasteiger charge is -2.21. The number of benzene rings is 2. The summed E-state index contributed by atoms with van der Waals surface area (Å²) in [5.74, 6) is 0.866. The van der Waals surface area contributed by atoms with Gasteiger partial charge in [0.15, 0.2) is 6.29 Å². The number of rotatable bonds is 10. The van der Waals surface area contributed by atoms with Gasteiger partial charge in [-0.3, -0.25) is 4.84 Å². The van der Waals surface area contributed by atoms with Gasteiger partial charge in [-0.1, -0.05) is 31.2 Å². The summed E-state index contributed by atoms with van der Waals surface area (Å²) in [6, 6.07) is 15.8. The number of hydroxylamine groups is 1. The van der Waals surface area contributed by atoms with E-state index in [-0.39, 0.29) is 6.61 Å². The number of hydrogen-bond acceptors (Lipinski definition) is 6. The molecule has 2 aromatic rings. The summed E-state index contributed by atoms with van der Waals surface area (Å²) in [7, 11) is 3.06. The van der Waals surface area contributed by atoms with Crippen LogP contribution in [0.3, 0.4) is 0 Å². The first-order valence-electron chi connectivity index (χ1n) is 8.66. The van der Waals surface area contributed by atoms with E-state index in [0.717, 1.165) is 11.5 Å². The lowest BCUT2D eigenvalue weighted by Crippen LogP contribution is -2.34. The highest BCUT2D eigenvalue weighted by atomic mass is 16.7. The fourth-order valence-electron chi connectivity index (χ4n) is 2.14. The van der Waals surface area contributed by atoms with Crippen LogP contribution in [0.25, 0.3) is 0 Å². The van der Waals surface area contributed by atoms with Crippen LogP contribution in [0, 0.1) is 0 Å². The number of hydrogen-bond donors (Lipinski definition) is 0. The van der Waals surface area contributed by atoms with E-state index in [9.17, 15) is 4.79 Å². The average molecular weight is 375 g/mol. The van der Waals surface area contributed by atoms with Crippen LogP contribution in [0.2, 0.25) is 0 Å². The van der Waals surface area contributed by atoms with Crippen molar-refractivity contribution in [3.63, 3.8) is 0 Å². The van der Waals surface area contributed by atoms with E-state index < -0.39 is 12.4 Å². The first-order chi connectivity index (χ1) is 13.2. The SMILES string of the molecule is CCCON(C(=O)Oc1cccc(OCC(OC)OC)c1)c1ccccc1. The Morgan fingerprint density at radius 3 is 2.37 bits per heavy atom. The van der Waals surface area contributed by atoms with Crippen molar-refractivity contribution in [2.45, 2.75) is 19.6 Å². The molecule has 146 valence electrons. The van der Waals surface area contributed by atoms with Crippen LogP contribution in [0.5, 0.6) is 11.5 Å². The molecular weight excluding hydrogens is 350 g/mol. The molecule has 0 aliphatic rings. The fraction of sp³-hybridized carbons (Fsp3) is 0.350. The van der Waals surface area contributed by atoms with Crippen LogP contribution in [0.4, 0.5) is 10.5 Å². The quantitative estimate of drug-likeness (QED) is 0.461. The minimum Gasteiger partial charge on any atom is -0.488 e. The number of nitrogens with zero attached hydrogens (tertiary/aromatic N) is 1.